The summed E-state index contributed by atoms with van der Waals surface area (Å²) in [6.07, 6.45) is 7.62. The summed E-state index contributed by atoms with van der Waals surface area (Å²) >= 11 is 0. The average Bonchev–Trinajstić information content (AvgIpc) is 2.39. The zero-order chi connectivity index (χ0) is 15.2. The second kappa shape index (κ2) is 7.87. The summed E-state index contributed by atoms with van der Waals surface area (Å²) < 4.78 is 0. The minimum atomic E-state index is -3.61. The predicted octanol–water partition coefficient (Wildman–Crippen LogP) is 3.19. The molecule has 20 heavy (non-hydrogen) atoms. The van der Waals surface area contributed by atoms with Gasteiger partial charge in [0.2, 0.25) is 5.45 Å². The smallest absolute Gasteiger partial charge is 0.335 e. The normalized spacial score (nSPS) is 18.1. The number of carbonyl (C=O) groups is 1. The molecule has 0 aromatic heterocycles. The van der Waals surface area contributed by atoms with E-state index in [4.69, 9.17) is 10.5 Å². The lowest BCUT2D eigenvalue weighted by Crippen LogP contribution is -2.18. The summed E-state index contributed by atoms with van der Waals surface area (Å²) in [5, 5.41) is 17.0. The number of carboxylic acids is 1. The van der Waals surface area contributed by atoms with Gasteiger partial charge in [0.25, 0.3) is 0 Å². The summed E-state index contributed by atoms with van der Waals surface area (Å²) in [6, 6.07) is 0. The molecular weight excluding hydrogens is 277 g/mol. The topological polar surface area (TPSA) is 102 Å². The van der Waals surface area contributed by atoms with Crippen molar-refractivity contribution in [3.63, 3.8) is 0 Å². The fourth-order valence-corrected chi connectivity index (χ4v) is 4.09. The van der Waals surface area contributed by atoms with Crippen LogP contribution < -0.4 is 0 Å². The van der Waals surface area contributed by atoms with Gasteiger partial charge in [-0.25, -0.2) is 14.6 Å². The van der Waals surface area contributed by atoms with Gasteiger partial charge in [0.15, 0.2) is 0 Å². The Labute approximate surface area is 120 Å². The van der Waals surface area contributed by atoms with Gasteiger partial charge in [-0.2, -0.15) is 0 Å². The molecule has 1 saturated carbocycles. The number of nitrogens with one attached hydrogen (secondary N) is 1. The molecule has 0 bridgehead atoms. The van der Waals surface area contributed by atoms with Crippen LogP contribution >= 0.6 is 7.72 Å². The molecule has 0 spiro atoms. The summed E-state index contributed by atoms with van der Waals surface area (Å²) in [5.74, 6) is -0.789. The molecule has 0 aliphatic heterocycles. The van der Waals surface area contributed by atoms with Crippen molar-refractivity contribution in [1.82, 2.24) is 0 Å². The van der Waals surface area contributed by atoms with Gasteiger partial charge in [0, 0.05) is 6.42 Å². The maximum Gasteiger partial charge on any atom is 0.335 e. The Bertz CT molecular complexity index is 387. The maximum atomic E-state index is 11.0. The van der Waals surface area contributed by atoms with Crippen molar-refractivity contribution in [3.05, 3.63) is 11.6 Å². The Kier molecular flexibility index (Phi) is 6.80. The monoisotopic (exact) mass is 302 g/mol. The molecule has 0 radical (unpaired) electrons. The largest absolute Gasteiger partial charge is 0.478 e. The number of rotatable bonds is 7. The minimum absolute atomic E-state index is 0.000715. The van der Waals surface area contributed by atoms with Crippen molar-refractivity contribution < 1.29 is 19.7 Å². The maximum absolute atomic E-state index is 11.0. The van der Waals surface area contributed by atoms with Crippen LogP contribution in [0.25, 0.3) is 0 Å². The van der Waals surface area contributed by atoms with E-state index in [9.17, 15) is 14.6 Å². The summed E-state index contributed by atoms with van der Waals surface area (Å²) in [5.41, 5.74) is -0.0631. The number of allylic oxidation sites excluding steroid dienone is 1. The third-order valence-corrected chi connectivity index (χ3v) is 5.58. The van der Waals surface area contributed by atoms with Crippen LogP contribution in [0.4, 0.5) is 0 Å². The second-order valence-electron chi connectivity index (χ2n) is 5.49. The van der Waals surface area contributed by atoms with Gasteiger partial charge in [-0.05, 0) is 25.2 Å². The highest BCUT2D eigenvalue weighted by Gasteiger charge is 2.43. The van der Waals surface area contributed by atoms with Crippen LogP contribution in [0.5, 0.6) is 0 Å². The Morgan fingerprint density at radius 2 is 1.90 bits per heavy atom. The van der Waals surface area contributed by atoms with E-state index in [1.807, 2.05) is 0 Å². The Morgan fingerprint density at radius 3 is 2.40 bits per heavy atom. The van der Waals surface area contributed by atoms with E-state index < -0.39 is 13.7 Å². The second-order valence-corrected chi connectivity index (χ2v) is 7.80. The highest BCUT2D eigenvalue weighted by Crippen LogP contribution is 2.54. The molecule has 0 aromatic rings. The van der Waals surface area contributed by atoms with E-state index in [0.717, 1.165) is 25.7 Å². The zero-order valence-corrected chi connectivity index (χ0v) is 12.9. The standard InChI is InChI=1S/C14H24NO4P/c1-2-6-12(14(16)17)10-20(18,19)13(15)9-11-7-4-3-5-8-11/h6,11,15,18-19H,2-5,7-10H2,1H3/p+1. The minimum Gasteiger partial charge on any atom is -0.478 e. The summed E-state index contributed by atoms with van der Waals surface area (Å²) in [6.45, 7) is 1.80. The molecule has 0 amide bonds. The molecule has 0 atom stereocenters. The highest BCUT2D eigenvalue weighted by atomic mass is 31.2. The van der Waals surface area contributed by atoms with E-state index in [1.165, 1.54) is 12.5 Å². The van der Waals surface area contributed by atoms with E-state index >= 15 is 0 Å². The molecule has 0 aromatic carbocycles. The first-order valence-electron chi connectivity index (χ1n) is 7.20. The first-order chi connectivity index (χ1) is 9.36. The van der Waals surface area contributed by atoms with E-state index in [0.29, 0.717) is 18.8 Å². The fourth-order valence-electron chi connectivity index (χ4n) is 2.61. The van der Waals surface area contributed by atoms with Crippen molar-refractivity contribution in [2.45, 2.75) is 51.9 Å². The summed E-state index contributed by atoms with van der Waals surface area (Å²) in [4.78, 5) is 31.2. The number of hydrogen-bond donors (Lipinski definition) is 4. The van der Waals surface area contributed by atoms with E-state index in [2.05, 4.69) is 0 Å². The molecule has 6 heteroatoms. The predicted molar refractivity (Wildman–Crippen MR) is 81.2 cm³/mol. The Morgan fingerprint density at radius 1 is 1.30 bits per heavy atom. The van der Waals surface area contributed by atoms with Crippen LogP contribution in [0.3, 0.4) is 0 Å². The molecule has 1 aliphatic rings. The van der Waals surface area contributed by atoms with Crippen LogP contribution in [-0.4, -0.2) is 32.5 Å². The molecule has 0 heterocycles. The molecule has 5 nitrogen and oxygen atoms in total. The Balaban J connectivity index is 2.63. The average molecular weight is 302 g/mol. The van der Waals surface area contributed by atoms with Gasteiger partial charge in [0.05, 0.1) is 5.57 Å². The van der Waals surface area contributed by atoms with Gasteiger partial charge in [-0.3, -0.25) is 5.41 Å². The van der Waals surface area contributed by atoms with Crippen molar-refractivity contribution in [2.24, 2.45) is 5.92 Å². The molecule has 0 unspecified atom stereocenters. The molecular formula is C14H25NO4P+. The van der Waals surface area contributed by atoms with Crippen molar-refractivity contribution in [3.8, 4) is 0 Å². The number of carboxylic acid groups (broad SMARTS) is 1. The van der Waals surface area contributed by atoms with Crippen LogP contribution in [-0.2, 0) is 4.79 Å². The van der Waals surface area contributed by atoms with Gasteiger partial charge in [0.1, 0.15) is 6.16 Å². The zero-order valence-electron chi connectivity index (χ0n) is 12.0. The lowest BCUT2D eigenvalue weighted by Gasteiger charge is -2.22. The third-order valence-electron chi connectivity index (χ3n) is 3.76. The van der Waals surface area contributed by atoms with Gasteiger partial charge in [-0.1, -0.05) is 32.3 Å². The molecule has 1 fully saturated rings. The van der Waals surface area contributed by atoms with Gasteiger partial charge >= 0.3 is 13.7 Å². The molecule has 1 aliphatic carbocycles. The van der Waals surface area contributed by atoms with Crippen LogP contribution in [0.1, 0.15) is 51.9 Å². The van der Waals surface area contributed by atoms with Crippen molar-refractivity contribution in [2.75, 3.05) is 6.16 Å². The lowest BCUT2D eigenvalue weighted by molar-refractivity contribution is -0.132. The van der Waals surface area contributed by atoms with Gasteiger partial charge in [-0.15, -0.1) is 0 Å². The van der Waals surface area contributed by atoms with Crippen LogP contribution in [0.15, 0.2) is 11.6 Å². The van der Waals surface area contributed by atoms with Crippen molar-refractivity contribution >= 4 is 19.1 Å². The Hall–Kier alpha value is -0.770. The highest BCUT2D eigenvalue weighted by molar-refractivity contribution is 7.81. The first kappa shape index (κ1) is 17.3. The number of aliphatic carboxylic acids is 1. The first-order valence-corrected chi connectivity index (χ1v) is 9.08. The quantitative estimate of drug-likeness (QED) is 0.329. The van der Waals surface area contributed by atoms with Crippen LogP contribution in [0, 0.1) is 11.3 Å². The van der Waals surface area contributed by atoms with E-state index in [1.54, 1.807) is 6.92 Å². The van der Waals surface area contributed by atoms with Gasteiger partial charge < -0.3 is 5.11 Å². The summed E-state index contributed by atoms with van der Waals surface area (Å²) in [7, 11) is -3.61. The third kappa shape index (κ3) is 5.31. The molecule has 1 rings (SSSR count). The molecule has 0 saturated heterocycles. The van der Waals surface area contributed by atoms with E-state index in [-0.39, 0.29) is 17.2 Å². The fraction of sp³-hybridized carbons (Fsp3) is 0.714. The lowest BCUT2D eigenvalue weighted by atomic mass is 9.87. The SMILES string of the molecule is CCC=C(C[P+](O)(O)C(=N)CC1CCCCC1)C(=O)O. The molecule has 114 valence electrons. The number of hydrogen-bond acceptors (Lipinski definition) is 4. The van der Waals surface area contributed by atoms with Crippen LogP contribution in [0.2, 0.25) is 0 Å². The van der Waals surface area contributed by atoms with Crippen molar-refractivity contribution in [1.29, 1.82) is 5.41 Å². The molecule has 4 N–H and O–H groups in total.